The Morgan fingerprint density at radius 2 is 1.69 bits per heavy atom. The van der Waals surface area contributed by atoms with Crippen LogP contribution < -0.4 is 27.4 Å². The standard InChI is InChI=1S/C17H31N5O6S/c1-4-9(2)14(17(28)20-8-13(24)25)22-16(27)11(7-12(19)23)21-15(26)10(18)5-6-29-3/h9-11,14H,4-8,18H2,1-3H3,(H2,19,23)(H,20,28)(H,21,26)(H,22,27)(H,24,25). The molecule has 11 nitrogen and oxygen atoms in total. The van der Waals surface area contributed by atoms with Gasteiger partial charge in [0.05, 0.1) is 12.5 Å². The molecule has 0 saturated heterocycles. The van der Waals surface area contributed by atoms with Crippen LogP contribution in [0.4, 0.5) is 0 Å². The molecule has 166 valence electrons. The highest BCUT2D eigenvalue weighted by Gasteiger charge is 2.31. The third kappa shape index (κ3) is 10.7. The molecule has 4 unspecified atom stereocenters. The van der Waals surface area contributed by atoms with Crippen LogP contribution in [0.25, 0.3) is 0 Å². The normalized spacial score (nSPS) is 14.8. The molecule has 0 spiro atoms. The van der Waals surface area contributed by atoms with Gasteiger partial charge in [0, 0.05) is 0 Å². The van der Waals surface area contributed by atoms with Crippen molar-refractivity contribution in [3.63, 3.8) is 0 Å². The fraction of sp³-hybridized carbons (Fsp3) is 0.706. The van der Waals surface area contributed by atoms with Crippen LogP contribution in [0.3, 0.4) is 0 Å². The van der Waals surface area contributed by atoms with Crippen molar-refractivity contribution in [1.29, 1.82) is 0 Å². The minimum absolute atomic E-state index is 0.332. The predicted octanol–water partition coefficient (Wildman–Crippen LogP) is -1.84. The van der Waals surface area contributed by atoms with E-state index in [1.54, 1.807) is 13.8 Å². The molecule has 29 heavy (non-hydrogen) atoms. The SMILES string of the molecule is CCC(C)C(NC(=O)C(CC(N)=O)NC(=O)C(N)CCSC)C(=O)NCC(=O)O. The van der Waals surface area contributed by atoms with E-state index in [4.69, 9.17) is 16.6 Å². The van der Waals surface area contributed by atoms with Crippen LogP contribution in [0.1, 0.15) is 33.1 Å². The lowest BCUT2D eigenvalue weighted by atomic mass is 9.97. The molecule has 12 heteroatoms. The van der Waals surface area contributed by atoms with E-state index in [2.05, 4.69) is 16.0 Å². The average Bonchev–Trinajstić information content (AvgIpc) is 2.66. The van der Waals surface area contributed by atoms with Crippen molar-refractivity contribution in [2.45, 2.75) is 51.2 Å². The summed E-state index contributed by atoms with van der Waals surface area (Å²) in [6, 6.07) is -3.22. The van der Waals surface area contributed by atoms with E-state index in [0.29, 0.717) is 18.6 Å². The van der Waals surface area contributed by atoms with Gasteiger partial charge < -0.3 is 32.5 Å². The number of nitrogens with two attached hydrogens (primary N) is 2. The zero-order chi connectivity index (χ0) is 22.6. The average molecular weight is 434 g/mol. The highest BCUT2D eigenvalue weighted by Crippen LogP contribution is 2.09. The lowest BCUT2D eigenvalue weighted by molar-refractivity contribution is -0.139. The van der Waals surface area contributed by atoms with Crippen LogP contribution in [-0.4, -0.2) is 71.4 Å². The second-order valence-corrected chi connectivity index (χ2v) is 7.59. The molecule has 0 saturated carbocycles. The molecule has 0 aliphatic rings. The van der Waals surface area contributed by atoms with Gasteiger partial charge in [-0.1, -0.05) is 20.3 Å². The van der Waals surface area contributed by atoms with E-state index < -0.39 is 60.7 Å². The number of carbonyl (C=O) groups is 5. The summed E-state index contributed by atoms with van der Waals surface area (Å²) < 4.78 is 0. The van der Waals surface area contributed by atoms with Crippen molar-refractivity contribution in [3.8, 4) is 0 Å². The summed E-state index contributed by atoms with van der Waals surface area (Å²) in [4.78, 5) is 59.1. The van der Waals surface area contributed by atoms with Gasteiger partial charge in [-0.05, 0) is 24.3 Å². The molecule has 0 aromatic heterocycles. The maximum Gasteiger partial charge on any atom is 0.322 e. The molecule has 0 aliphatic heterocycles. The lowest BCUT2D eigenvalue weighted by Crippen LogP contribution is -2.58. The molecule has 0 fully saturated rings. The molecule has 0 radical (unpaired) electrons. The molecule has 0 bridgehead atoms. The van der Waals surface area contributed by atoms with Crippen molar-refractivity contribution in [2.24, 2.45) is 17.4 Å². The number of amides is 4. The third-order valence-corrected chi connectivity index (χ3v) is 4.86. The Labute approximate surface area is 174 Å². The highest BCUT2D eigenvalue weighted by molar-refractivity contribution is 7.98. The summed E-state index contributed by atoms with van der Waals surface area (Å²) in [6.45, 7) is 2.89. The second kappa shape index (κ2) is 13.8. The Kier molecular flexibility index (Phi) is 12.7. The molecule has 0 rings (SSSR count). The number of hydrogen-bond donors (Lipinski definition) is 6. The summed E-state index contributed by atoms with van der Waals surface area (Å²) in [5, 5.41) is 15.8. The van der Waals surface area contributed by atoms with Gasteiger partial charge >= 0.3 is 5.97 Å². The van der Waals surface area contributed by atoms with Gasteiger partial charge in [0.15, 0.2) is 0 Å². The Hall–Kier alpha value is -2.34. The van der Waals surface area contributed by atoms with Gasteiger partial charge in [-0.15, -0.1) is 0 Å². The summed E-state index contributed by atoms with van der Waals surface area (Å²) in [6.07, 6.45) is 2.28. The Morgan fingerprint density at radius 3 is 2.17 bits per heavy atom. The number of carbonyl (C=O) groups excluding carboxylic acids is 4. The lowest BCUT2D eigenvalue weighted by Gasteiger charge is -2.26. The summed E-state index contributed by atoms with van der Waals surface area (Å²) in [5.41, 5.74) is 10.9. The van der Waals surface area contributed by atoms with Crippen molar-refractivity contribution < 1.29 is 29.1 Å². The van der Waals surface area contributed by atoms with Gasteiger partial charge in [-0.25, -0.2) is 0 Å². The maximum absolute atomic E-state index is 12.6. The van der Waals surface area contributed by atoms with Crippen molar-refractivity contribution >= 4 is 41.4 Å². The number of primary amides is 1. The van der Waals surface area contributed by atoms with Crippen LogP contribution in [0, 0.1) is 5.92 Å². The minimum Gasteiger partial charge on any atom is -0.480 e. The molecule has 0 aromatic carbocycles. The molecule has 4 amide bonds. The van der Waals surface area contributed by atoms with Gasteiger partial charge in [0.1, 0.15) is 18.6 Å². The first kappa shape index (κ1) is 26.7. The quantitative estimate of drug-likeness (QED) is 0.184. The number of carboxylic acids is 1. The monoisotopic (exact) mass is 433 g/mol. The van der Waals surface area contributed by atoms with E-state index in [0.717, 1.165) is 0 Å². The highest BCUT2D eigenvalue weighted by atomic mass is 32.2. The summed E-state index contributed by atoms with van der Waals surface area (Å²) in [5.74, 6) is -3.83. The first-order valence-corrected chi connectivity index (χ1v) is 10.6. The third-order valence-electron chi connectivity index (χ3n) is 4.22. The fourth-order valence-electron chi connectivity index (χ4n) is 2.29. The van der Waals surface area contributed by atoms with Crippen LogP contribution in [0.5, 0.6) is 0 Å². The van der Waals surface area contributed by atoms with Gasteiger partial charge in [0.2, 0.25) is 23.6 Å². The van der Waals surface area contributed by atoms with Crippen LogP contribution in [0.2, 0.25) is 0 Å². The van der Waals surface area contributed by atoms with E-state index in [9.17, 15) is 24.0 Å². The largest absolute Gasteiger partial charge is 0.480 e. The van der Waals surface area contributed by atoms with Crippen LogP contribution in [0.15, 0.2) is 0 Å². The maximum atomic E-state index is 12.6. The van der Waals surface area contributed by atoms with Gasteiger partial charge in [-0.2, -0.15) is 11.8 Å². The number of aliphatic carboxylic acids is 1. The summed E-state index contributed by atoms with van der Waals surface area (Å²) in [7, 11) is 0. The second-order valence-electron chi connectivity index (χ2n) is 6.60. The van der Waals surface area contributed by atoms with E-state index in [1.165, 1.54) is 11.8 Å². The molecule has 0 aromatic rings. The molecular weight excluding hydrogens is 402 g/mol. The van der Waals surface area contributed by atoms with Crippen LogP contribution in [-0.2, 0) is 24.0 Å². The van der Waals surface area contributed by atoms with Crippen molar-refractivity contribution in [1.82, 2.24) is 16.0 Å². The number of rotatable bonds is 14. The zero-order valence-electron chi connectivity index (χ0n) is 16.9. The Balaban J connectivity index is 5.26. The molecule has 0 heterocycles. The fourth-order valence-corrected chi connectivity index (χ4v) is 2.78. The first-order chi connectivity index (χ1) is 13.5. The minimum atomic E-state index is -1.31. The van der Waals surface area contributed by atoms with Gasteiger partial charge in [-0.3, -0.25) is 24.0 Å². The van der Waals surface area contributed by atoms with Crippen molar-refractivity contribution in [3.05, 3.63) is 0 Å². The number of thioether (sulfide) groups is 1. The summed E-state index contributed by atoms with van der Waals surface area (Å²) >= 11 is 1.51. The molecule has 4 atom stereocenters. The Morgan fingerprint density at radius 1 is 1.07 bits per heavy atom. The molecule has 0 aliphatic carbocycles. The first-order valence-electron chi connectivity index (χ1n) is 9.16. The Bertz CT molecular complexity index is 603. The van der Waals surface area contributed by atoms with E-state index >= 15 is 0 Å². The predicted molar refractivity (Wildman–Crippen MR) is 109 cm³/mol. The smallest absolute Gasteiger partial charge is 0.322 e. The molecule has 8 N–H and O–H groups in total. The van der Waals surface area contributed by atoms with Gasteiger partial charge in [0.25, 0.3) is 0 Å². The van der Waals surface area contributed by atoms with E-state index in [-0.39, 0.29) is 5.92 Å². The van der Waals surface area contributed by atoms with Crippen LogP contribution >= 0.6 is 11.8 Å². The number of nitrogens with one attached hydrogen (secondary N) is 3. The van der Waals surface area contributed by atoms with Crippen molar-refractivity contribution in [2.75, 3.05) is 18.6 Å². The van der Waals surface area contributed by atoms with E-state index in [1.807, 2.05) is 6.26 Å². The zero-order valence-corrected chi connectivity index (χ0v) is 17.7. The number of carboxylic acid groups (broad SMARTS) is 1. The topological polar surface area (TPSA) is 194 Å². The molecular formula is C17H31N5O6S. The number of hydrogen-bond acceptors (Lipinski definition) is 7.